The standard InChI is InChI=1S/C12H16F3N3O/c1-18-4-5-19-10(7-18)11(16)8-6-17-3-2-9(8)12(13,14)15/h2-3,6,10-11H,4-5,7,16H2,1H3. The lowest BCUT2D eigenvalue weighted by Crippen LogP contribution is -2.45. The summed E-state index contributed by atoms with van der Waals surface area (Å²) in [6.07, 6.45) is -2.60. The van der Waals surface area contributed by atoms with Gasteiger partial charge in [-0.3, -0.25) is 4.98 Å². The van der Waals surface area contributed by atoms with E-state index in [1.54, 1.807) is 0 Å². The Hall–Kier alpha value is -1.18. The number of pyridine rings is 1. The van der Waals surface area contributed by atoms with E-state index < -0.39 is 23.9 Å². The lowest BCUT2D eigenvalue weighted by Gasteiger charge is -2.34. The number of aromatic nitrogens is 1. The van der Waals surface area contributed by atoms with Gasteiger partial charge >= 0.3 is 6.18 Å². The Kier molecular flexibility index (Phi) is 4.07. The fourth-order valence-electron chi connectivity index (χ4n) is 2.16. The average Bonchev–Trinajstić information content (AvgIpc) is 2.37. The molecule has 0 bridgehead atoms. The third-order valence-corrected chi connectivity index (χ3v) is 3.21. The molecule has 0 amide bonds. The molecule has 2 unspecified atom stereocenters. The highest BCUT2D eigenvalue weighted by molar-refractivity contribution is 5.30. The first kappa shape index (κ1) is 14.2. The van der Waals surface area contributed by atoms with Gasteiger partial charge in [0.05, 0.1) is 24.3 Å². The maximum Gasteiger partial charge on any atom is 0.416 e. The molecule has 1 aliphatic rings. The first-order valence-electron chi connectivity index (χ1n) is 5.96. The maximum atomic E-state index is 12.9. The van der Waals surface area contributed by atoms with Crippen molar-refractivity contribution < 1.29 is 17.9 Å². The van der Waals surface area contributed by atoms with Gasteiger partial charge in [0.15, 0.2) is 0 Å². The minimum atomic E-state index is -4.43. The van der Waals surface area contributed by atoms with Crippen molar-refractivity contribution in [1.82, 2.24) is 9.88 Å². The molecule has 2 N–H and O–H groups in total. The zero-order chi connectivity index (χ0) is 14.0. The predicted molar refractivity (Wildman–Crippen MR) is 63.4 cm³/mol. The van der Waals surface area contributed by atoms with E-state index in [2.05, 4.69) is 4.98 Å². The molecule has 2 atom stereocenters. The molecule has 0 spiro atoms. The lowest BCUT2D eigenvalue weighted by molar-refractivity contribution is -0.139. The number of hydrogen-bond acceptors (Lipinski definition) is 4. The molecule has 0 saturated carbocycles. The van der Waals surface area contributed by atoms with Crippen LogP contribution in [0.5, 0.6) is 0 Å². The van der Waals surface area contributed by atoms with Crippen molar-refractivity contribution in [2.75, 3.05) is 26.7 Å². The number of likely N-dealkylation sites (N-methyl/N-ethyl adjacent to an activating group) is 1. The summed E-state index contributed by atoms with van der Waals surface area (Å²) in [5.41, 5.74) is 5.18. The number of nitrogens with zero attached hydrogens (tertiary/aromatic N) is 2. The largest absolute Gasteiger partial charge is 0.416 e. The number of rotatable bonds is 2. The van der Waals surface area contributed by atoms with Crippen LogP contribution in [0.4, 0.5) is 13.2 Å². The summed E-state index contributed by atoms with van der Waals surface area (Å²) >= 11 is 0. The van der Waals surface area contributed by atoms with Crippen LogP contribution in [-0.2, 0) is 10.9 Å². The van der Waals surface area contributed by atoms with Gasteiger partial charge in [0, 0.05) is 31.0 Å². The number of nitrogens with two attached hydrogens (primary N) is 1. The van der Waals surface area contributed by atoms with Crippen molar-refractivity contribution in [2.45, 2.75) is 18.3 Å². The molecule has 1 saturated heterocycles. The summed E-state index contributed by atoms with van der Waals surface area (Å²) in [5, 5.41) is 0. The zero-order valence-electron chi connectivity index (χ0n) is 10.5. The third-order valence-electron chi connectivity index (χ3n) is 3.21. The molecule has 1 aliphatic heterocycles. The molecule has 2 rings (SSSR count). The highest BCUT2D eigenvalue weighted by Gasteiger charge is 2.37. The first-order chi connectivity index (χ1) is 8.89. The van der Waals surface area contributed by atoms with Crippen LogP contribution in [0.2, 0.25) is 0 Å². The van der Waals surface area contributed by atoms with Gasteiger partial charge in [-0.15, -0.1) is 0 Å². The molecule has 19 heavy (non-hydrogen) atoms. The van der Waals surface area contributed by atoms with Gasteiger partial charge in [0.1, 0.15) is 0 Å². The highest BCUT2D eigenvalue weighted by Crippen LogP contribution is 2.34. The van der Waals surface area contributed by atoms with E-state index in [9.17, 15) is 13.2 Å². The quantitative estimate of drug-likeness (QED) is 0.887. The Balaban J connectivity index is 2.26. The van der Waals surface area contributed by atoms with Gasteiger partial charge in [-0.05, 0) is 13.1 Å². The Morgan fingerprint density at radius 1 is 1.53 bits per heavy atom. The maximum absolute atomic E-state index is 12.9. The van der Waals surface area contributed by atoms with Crippen LogP contribution in [0.1, 0.15) is 17.2 Å². The molecule has 0 aromatic carbocycles. The van der Waals surface area contributed by atoms with Crippen LogP contribution < -0.4 is 5.73 Å². The normalized spacial score (nSPS) is 23.3. The topological polar surface area (TPSA) is 51.4 Å². The Bertz CT molecular complexity index is 438. The molecule has 2 heterocycles. The van der Waals surface area contributed by atoms with E-state index in [4.69, 9.17) is 10.5 Å². The van der Waals surface area contributed by atoms with E-state index in [-0.39, 0.29) is 5.56 Å². The van der Waals surface area contributed by atoms with E-state index in [1.165, 1.54) is 6.20 Å². The molecular weight excluding hydrogens is 259 g/mol. The van der Waals surface area contributed by atoms with Crippen molar-refractivity contribution in [3.63, 3.8) is 0 Å². The fourth-order valence-corrected chi connectivity index (χ4v) is 2.16. The summed E-state index contributed by atoms with van der Waals surface area (Å²) in [7, 11) is 1.89. The van der Waals surface area contributed by atoms with E-state index in [1.807, 2.05) is 11.9 Å². The number of ether oxygens (including phenoxy) is 1. The van der Waals surface area contributed by atoms with Crippen LogP contribution in [0.3, 0.4) is 0 Å². The van der Waals surface area contributed by atoms with Gasteiger partial charge < -0.3 is 15.4 Å². The second-order valence-corrected chi connectivity index (χ2v) is 4.66. The van der Waals surface area contributed by atoms with Crippen molar-refractivity contribution in [3.8, 4) is 0 Å². The van der Waals surface area contributed by atoms with Gasteiger partial charge in [0.25, 0.3) is 0 Å². The molecule has 1 aromatic heterocycles. The third kappa shape index (κ3) is 3.23. The number of alkyl halides is 3. The van der Waals surface area contributed by atoms with Crippen molar-refractivity contribution >= 4 is 0 Å². The summed E-state index contributed by atoms with van der Waals surface area (Å²) in [6.45, 7) is 1.73. The highest BCUT2D eigenvalue weighted by atomic mass is 19.4. The van der Waals surface area contributed by atoms with Gasteiger partial charge in [-0.2, -0.15) is 13.2 Å². The first-order valence-corrected chi connectivity index (χ1v) is 5.96. The minimum absolute atomic E-state index is 0.0182. The lowest BCUT2D eigenvalue weighted by atomic mass is 9.97. The van der Waals surface area contributed by atoms with Gasteiger partial charge in [0.2, 0.25) is 0 Å². The Morgan fingerprint density at radius 3 is 2.89 bits per heavy atom. The molecule has 0 aliphatic carbocycles. The summed E-state index contributed by atoms with van der Waals surface area (Å²) in [5.74, 6) is 0. The molecular formula is C12H16F3N3O. The molecule has 106 valence electrons. The number of morpholine rings is 1. The van der Waals surface area contributed by atoms with Crippen LogP contribution in [0.25, 0.3) is 0 Å². The molecule has 1 aromatic rings. The Morgan fingerprint density at radius 2 is 2.26 bits per heavy atom. The average molecular weight is 275 g/mol. The van der Waals surface area contributed by atoms with Crippen LogP contribution in [0, 0.1) is 0 Å². The van der Waals surface area contributed by atoms with Crippen molar-refractivity contribution in [2.24, 2.45) is 5.73 Å². The van der Waals surface area contributed by atoms with E-state index in [0.29, 0.717) is 13.2 Å². The summed E-state index contributed by atoms with van der Waals surface area (Å²) in [6, 6.07) is 0.106. The Labute approximate surface area is 109 Å². The van der Waals surface area contributed by atoms with Crippen LogP contribution in [0.15, 0.2) is 18.5 Å². The monoisotopic (exact) mass is 275 g/mol. The second-order valence-electron chi connectivity index (χ2n) is 4.66. The number of hydrogen-bond donors (Lipinski definition) is 1. The summed E-state index contributed by atoms with van der Waals surface area (Å²) in [4.78, 5) is 5.73. The van der Waals surface area contributed by atoms with E-state index >= 15 is 0 Å². The summed E-state index contributed by atoms with van der Waals surface area (Å²) < 4.78 is 44.2. The molecule has 1 fully saturated rings. The van der Waals surface area contributed by atoms with Gasteiger partial charge in [-0.1, -0.05) is 0 Å². The smallest absolute Gasteiger partial charge is 0.374 e. The molecule has 7 heteroatoms. The fraction of sp³-hybridized carbons (Fsp3) is 0.583. The molecule has 0 radical (unpaired) electrons. The molecule has 4 nitrogen and oxygen atoms in total. The predicted octanol–water partition coefficient (Wildman–Crippen LogP) is 1.43. The van der Waals surface area contributed by atoms with Gasteiger partial charge in [-0.25, -0.2) is 0 Å². The SMILES string of the molecule is CN1CCOC(C(N)c2cnccc2C(F)(F)F)C1. The van der Waals surface area contributed by atoms with Crippen LogP contribution in [-0.4, -0.2) is 42.7 Å². The van der Waals surface area contributed by atoms with Crippen molar-refractivity contribution in [3.05, 3.63) is 29.6 Å². The number of halogens is 3. The second kappa shape index (κ2) is 5.44. The van der Waals surface area contributed by atoms with Crippen molar-refractivity contribution in [1.29, 1.82) is 0 Å². The van der Waals surface area contributed by atoms with Crippen LogP contribution >= 0.6 is 0 Å². The van der Waals surface area contributed by atoms with E-state index in [0.717, 1.165) is 18.8 Å². The zero-order valence-corrected chi connectivity index (χ0v) is 10.5. The minimum Gasteiger partial charge on any atom is -0.374 e.